The fourth-order valence-corrected chi connectivity index (χ4v) is 2.68. The van der Waals surface area contributed by atoms with Crippen molar-refractivity contribution in [2.75, 3.05) is 23.4 Å². The summed E-state index contributed by atoms with van der Waals surface area (Å²) in [5, 5.41) is 0. The van der Waals surface area contributed by atoms with Gasteiger partial charge in [0, 0.05) is 38.3 Å². The van der Waals surface area contributed by atoms with E-state index in [1.54, 1.807) is 16.8 Å². The van der Waals surface area contributed by atoms with Gasteiger partial charge in [0.05, 0.1) is 0 Å². The van der Waals surface area contributed by atoms with Crippen molar-refractivity contribution in [1.82, 2.24) is 0 Å². The summed E-state index contributed by atoms with van der Waals surface area (Å²) in [4.78, 5) is 27.7. The van der Waals surface area contributed by atoms with E-state index < -0.39 is 0 Å². The van der Waals surface area contributed by atoms with Crippen LogP contribution in [-0.4, -0.2) is 25.4 Å². The molecule has 0 saturated heterocycles. The molecule has 132 valence electrons. The Hall–Kier alpha value is -2.62. The van der Waals surface area contributed by atoms with Gasteiger partial charge < -0.3 is 9.80 Å². The Balaban J connectivity index is 2.04. The number of rotatable bonds is 6. The number of amides is 2. The fraction of sp³-hybridized carbons (Fsp3) is 0.333. The van der Waals surface area contributed by atoms with E-state index in [2.05, 4.69) is 13.8 Å². The smallest absolute Gasteiger partial charge is 0.228 e. The summed E-state index contributed by atoms with van der Waals surface area (Å²) in [6, 6.07) is 17.5. The average Bonchev–Trinajstić information content (AvgIpc) is 2.62. The molecule has 25 heavy (non-hydrogen) atoms. The summed E-state index contributed by atoms with van der Waals surface area (Å²) < 4.78 is 0. The maximum atomic E-state index is 12.4. The molecule has 2 aromatic carbocycles. The number of para-hydroxylation sites is 1. The number of benzene rings is 2. The third kappa shape index (κ3) is 4.92. The lowest BCUT2D eigenvalue weighted by Gasteiger charge is -2.23. The summed E-state index contributed by atoms with van der Waals surface area (Å²) in [6.45, 7) is 6.17. The van der Waals surface area contributed by atoms with Crippen molar-refractivity contribution in [3.05, 3.63) is 60.2 Å². The highest BCUT2D eigenvalue weighted by Gasteiger charge is 2.16. The van der Waals surface area contributed by atoms with Gasteiger partial charge in [-0.15, -0.1) is 0 Å². The van der Waals surface area contributed by atoms with E-state index in [-0.39, 0.29) is 18.2 Å². The van der Waals surface area contributed by atoms with Gasteiger partial charge in [-0.25, -0.2) is 0 Å². The molecule has 0 heterocycles. The van der Waals surface area contributed by atoms with E-state index >= 15 is 0 Å². The Labute approximate surface area is 150 Å². The van der Waals surface area contributed by atoms with Crippen molar-refractivity contribution < 1.29 is 9.59 Å². The molecule has 0 atom stereocenters. The molecule has 0 aliphatic heterocycles. The Morgan fingerprint density at radius 1 is 0.920 bits per heavy atom. The van der Waals surface area contributed by atoms with E-state index in [1.807, 2.05) is 54.6 Å². The number of hydrogen-bond donors (Lipinski definition) is 0. The summed E-state index contributed by atoms with van der Waals surface area (Å²) in [6.07, 6.45) is 0.275. The first-order valence-corrected chi connectivity index (χ1v) is 8.60. The molecule has 0 unspecified atom stereocenters. The highest BCUT2D eigenvalue weighted by Crippen LogP contribution is 2.21. The quantitative estimate of drug-likeness (QED) is 0.791. The fourth-order valence-electron chi connectivity index (χ4n) is 2.68. The SMILES string of the molecule is CC(=O)N(CCC(=O)N(C)c1ccccc1)c1ccc(C(C)C)cc1. The average molecular weight is 338 g/mol. The number of nitrogens with zero attached hydrogens (tertiary/aromatic N) is 2. The molecule has 0 fully saturated rings. The summed E-state index contributed by atoms with van der Waals surface area (Å²) >= 11 is 0. The molecule has 0 bridgehead atoms. The van der Waals surface area contributed by atoms with Crippen LogP contribution in [0.25, 0.3) is 0 Å². The normalized spacial score (nSPS) is 10.6. The second-order valence-electron chi connectivity index (χ2n) is 6.46. The zero-order valence-corrected chi connectivity index (χ0v) is 15.4. The lowest BCUT2D eigenvalue weighted by Crippen LogP contribution is -2.34. The van der Waals surface area contributed by atoms with Gasteiger partial charge in [-0.1, -0.05) is 44.2 Å². The number of carbonyl (C=O) groups excluding carboxylic acids is 2. The molecule has 0 aromatic heterocycles. The van der Waals surface area contributed by atoms with E-state index in [1.165, 1.54) is 12.5 Å². The molecule has 2 amide bonds. The first-order chi connectivity index (χ1) is 11.9. The molecule has 0 aliphatic rings. The van der Waals surface area contributed by atoms with Gasteiger partial charge in [-0.3, -0.25) is 9.59 Å². The lowest BCUT2D eigenvalue weighted by molar-refractivity contribution is -0.118. The summed E-state index contributed by atoms with van der Waals surface area (Å²) in [7, 11) is 1.76. The predicted octanol–water partition coefficient (Wildman–Crippen LogP) is 4.22. The standard InChI is InChI=1S/C21H26N2O2/c1-16(2)18-10-12-20(13-11-18)23(17(3)24)15-14-21(25)22(4)19-8-6-5-7-9-19/h5-13,16H,14-15H2,1-4H3. The van der Waals surface area contributed by atoms with Crippen molar-refractivity contribution in [3.63, 3.8) is 0 Å². The first-order valence-electron chi connectivity index (χ1n) is 8.60. The minimum absolute atomic E-state index is 0.0174. The van der Waals surface area contributed by atoms with Gasteiger partial charge in [0.1, 0.15) is 0 Å². The molecule has 2 aromatic rings. The molecular weight excluding hydrogens is 312 g/mol. The van der Waals surface area contributed by atoms with E-state index in [0.29, 0.717) is 12.5 Å². The van der Waals surface area contributed by atoms with Crippen molar-refractivity contribution in [2.45, 2.75) is 33.1 Å². The molecule has 4 nitrogen and oxygen atoms in total. The second-order valence-corrected chi connectivity index (χ2v) is 6.46. The minimum Gasteiger partial charge on any atom is -0.315 e. The second kappa shape index (κ2) is 8.47. The van der Waals surface area contributed by atoms with Crippen molar-refractivity contribution >= 4 is 23.2 Å². The lowest BCUT2D eigenvalue weighted by atomic mass is 10.0. The monoisotopic (exact) mass is 338 g/mol. The van der Waals surface area contributed by atoms with Crippen LogP contribution < -0.4 is 9.80 Å². The van der Waals surface area contributed by atoms with Crippen LogP contribution in [-0.2, 0) is 9.59 Å². The molecule has 0 N–H and O–H groups in total. The Bertz CT molecular complexity index is 708. The number of carbonyl (C=O) groups is 2. The van der Waals surface area contributed by atoms with Crippen LogP contribution in [0.1, 0.15) is 38.7 Å². The molecule has 0 aliphatic carbocycles. The molecule has 4 heteroatoms. The Kier molecular flexibility index (Phi) is 6.34. The minimum atomic E-state index is -0.0625. The van der Waals surface area contributed by atoms with Crippen molar-refractivity contribution in [3.8, 4) is 0 Å². The van der Waals surface area contributed by atoms with E-state index in [9.17, 15) is 9.59 Å². The van der Waals surface area contributed by atoms with Gasteiger partial charge in [-0.05, 0) is 35.7 Å². The zero-order chi connectivity index (χ0) is 18.4. The highest BCUT2D eigenvalue weighted by molar-refractivity contribution is 5.95. The molecule has 0 saturated carbocycles. The zero-order valence-electron chi connectivity index (χ0n) is 15.4. The highest BCUT2D eigenvalue weighted by atomic mass is 16.2. The van der Waals surface area contributed by atoms with Crippen LogP contribution in [0.2, 0.25) is 0 Å². The van der Waals surface area contributed by atoms with Gasteiger partial charge in [0.15, 0.2) is 0 Å². The van der Waals surface area contributed by atoms with Crippen LogP contribution in [0.3, 0.4) is 0 Å². The third-order valence-electron chi connectivity index (χ3n) is 4.32. The molecule has 0 spiro atoms. The maximum absolute atomic E-state index is 12.4. The molecule has 2 rings (SSSR count). The predicted molar refractivity (Wildman–Crippen MR) is 103 cm³/mol. The van der Waals surface area contributed by atoms with Crippen molar-refractivity contribution in [2.24, 2.45) is 0 Å². The van der Waals surface area contributed by atoms with Gasteiger partial charge >= 0.3 is 0 Å². The summed E-state index contributed by atoms with van der Waals surface area (Å²) in [5.74, 6) is 0.365. The number of anilines is 2. The van der Waals surface area contributed by atoms with Crippen LogP contribution in [0, 0.1) is 0 Å². The van der Waals surface area contributed by atoms with E-state index in [0.717, 1.165) is 11.4 Å². The van der Waals surface area contributed by atoms with Crippen LogP contribution in [0.5, 0.6) is 0 Å². The Morgan fingerprint density at radius 2 is 1.52 bits per heavy atom. The van der Waals surface area contributed by atoms with Gasteiger partial charge in [0.2, 0.25) is 11.8 Å². The largest absolute Gasteiger partial charge is 0.315 e. The molecular formula is C21H26N2O2. The van der Waals surface area contributed by atoms with Crippen LogP contribution >= 0.6 is 0 Å². The maximum Gasteiger partial charge on any atom is 0.228 e. The topological polar surface area (TPSA) is 40.6 Å². The van der Waals surface area contributed by atoms with E-state index in [4.69, 9.17) is 0 Å². The Morgan fingerprint density at radius 3 is 2.04 bits per heavy atom. The third-order valence-corrected chi connectivity index (χ3v) is 4.32. The number of hydrogen-bond acceptors (Lipinski definition) is 2. The van der Waals surface area contributed by atoms with Gasteiger partial charge in [-0.2, -0.15) is 0 Å². The summed E-state index contributed by atoms with van der Waals surface area (Å²) in [5.41, 5.74) is 2.90. The van der Waals surface area contributed by atoms with Crippen molar-refractivity contribution in [1.29, 1.82) is 0 Å². The first kappa shape index (κ1) is 18.7. The molecule has 0 radical (unpaired) electrons. The van der Waals surface area contributed by atoms with Crippen LogP contribution in [0.4, 0.5) is 11.4 Å². The van der Waals surface area contributed by atoms with Gasteiger partial charge in [0.25, 0.3) is 0 Å². The van der Waals surface area contributed by atoms with Crippen LogP contribution in [0.15, 0.2) is 54.6 Å².